The van der Waals surface area contributed by atoms with Gasteiger partial charge >= 0.3 is 0 Å². The number of rotatable bonds is 5. The smallest absolute Gasteiger partial charge is 0.225 e. The third kappa shape index (κ3) is 4.89. The summed E-state index contributed by atoms with van der Waals surface area (Å²) < 4.78 is 0. The Morgan fingerprint density at radius 2 is 2.14 bits per heavy atom. The molecule has 0 heterocycles. The van der Waals surface area contributed by atoms with Gasteiger partial charge in [-0.15, -0.1) is 0 Å². The summed E-state index contributed by atoms with van der Waals surface area (Å²) in [5, 5.41) is 18.3. The molecular weight excluding hydrogens is 458 g/mol. The van der Waals surface area contributed by atoms with E-state index in [1.165, 1.54) is 22.9 Å². The molecule has 1 aromatic rings. The minimum atomic E-state index is 0.00522. The molecule has 3 aliphatic rings. The number of oxime groups is 1. The Balaban J connectivity index is 1.56. The first-order valence-electron chi connectivity index (χ1n) is 12.7. The van der Waals surface area contributed by atoms with Crippen molar-refractivity contribution in [2.24, 2.45) is 33.3 Å². The van der Waals surface area contributed by atoms with Crippen molar-refractivity contribution in [1.82, 2.24) is 5.32 Å². The van der Waals surface area contributed by atoms with Crippen LogP contribution in [0.15, 0.2) is 33.8 Å². The van der Waals surface area contributed by atoms with Crippen molar-refractivity contribution >= 4 is 28.5 Å². The van der Waals surface area contributed by atoms with Crippen LogP contribution >= 0.6 is 11.8 Å². The molecule has 2 N–H and O–H groups in total. The Kier molecular flexibility index (Phi) is 7.65. The number of nitrogens with one attached hydrogen (secondary N) is 1. The number of phenolic OH excluding ortho intramolecular Hbond substituents is 1. The molecule has 1 aromatic carbocycles. The van der Waals surface area contributed by atoms with Crippen molar-refractivity contribution in [2.45, 2.75) is 71.6 Å². The van der Waals surface area contributed by atoms with Crippen LogP contribution < -0.4 is 5.32 Å². The van der Waals surface area contributed by atoms with Gasteiger partial charge in [-0.3, -0.25) is 9.79 Å². The Morgan fingerprint density at radius 3 is 2.83 bits per heavy atom. The topological polar surface area (TPSA) is 83.3 Å². The van der Waals surface area contributed by atoms with Gasteiger partial charge in [-0.25, -0.2) is 0 Å². The number of hydrogen-bond acceptors (Lipinski definition) is 6. The van der Waals surface area contributed by atoms with Gasteiger partial charge in [0, 0.05) is 18.9 Å². The van der Waals surface area contributed by atoms with Crippen molar-refractivity contribution in [3.05, 3.63) is 40.3 Å². The zero-order chi connectivity index (χ0) is 25.3. The molecule has 190 valence electrons. The van der Waals surface area contributed by atoms with Gasteiger partial charge in [0.05, 0.1) is 5.71 Å². The molecular formula is C28H39N3O3S. The first kappa shape index (κ1) is 25.8. The highest BCUT2D eigenvalue weighted by atomic mass is 32.2. The molecule has 0 saturated heterocycles. The van der Waals surface area contributed by atoms with Crippen molar-refractivity contribution in [2.75, 3.05) is 14.2 Å². The summed E-state index contributed by atoms with van der Waals surface area (Å²) in [5.41, 5.74) is 4.98. The summed E-state index contributed by atoms with van der Waals surface area (Å²) in [6, 6.07) is 4.03. The van der Waals surface area contributed by atoms with Crippen LogP contribution in [-0.2, 0) is 16.1 Å². The lowest BCUT2D eigenvalue weighted by Crippen LogP contribution is -2.44. The van der Waals surface area contributed by atoms with Crippen LogP contribution in [0.1, 0.15) is 75.0 Å². The zero-order valence-electron chi connectivity index (χ0n) is 21.7. The average molecular weight is 498 g/mol. The lowest BCUT2D eigenvalue weighted by Gasteiger charge is -2.50. The normalized spacial score (nSPS) is 30.9. The van der Waals surface area contributed by atoms with Crippen LogP contribution in [0.5, 0.6) is 5.75 Å². The highest BCUT2D eigenvalue weighted by Crippen LogP contribution is 2.62. The Bertz CT molecular complexity index is 1070. The van der Waals surface area contributed by atoms with Gasteiger partial charge in [0.15, 0.2) is 5.17 Å². The molecule has 5 unspecified atom stereocenters. The molecule has 0 aliphatic heterocycles. The molecule has 0 bridgehead atoms. The Labute approximate surface area is 213 Å². The number of benzene rings is 1. The third-order valence-electron chi connectivity index (χ3n) is 8.71. The van der Waals surface area contributed by atoms with Gasteiger partial charge in [0.25, 0.3) is 0 Å². The summed E-state index contributed by atoms with van der Waals surface area (Å²) in [4.78, 5) is 23.2. The van der Waals surface area contributed by atoms with Crippen LogP contribution in [0.2, 0.25) is 0 Å². The van der Waals surface area contributed by atoms with Crippen molar-refractivity contribution in [1.29, 1.82) is 0 Å². The van der Waals surface area contributed by atoms with E-state index < -0.39 is 0 Å². The second-order valence-corrected chi connectivity index (χ2v) is 12.0. The first-order valence-corrected chi connectivity index (χ1v) is 13.5. The second-order valence-electron chi connectivity index (χ2n) is 10.7. The number of fused-ring (bicyclic) bond motifs is 5. The number of amides is 1. The number of hydrogen-bond donors (Lipinski definition) is 2. The molecule has 5 atom stereocenters. The van der Waals surface area contributed by atoms with E-state index in [-0.39, 0.29) is 11.3 Å². The molecule has 4 rings (SSSR count). The van der Waals surface area contributed by atoms with Gasteiger partial charge in [-0.05, 0) is 104 Å². The Hall–Kier alpha value is -2.28. The monoisotopic (exact) mass is 497 g/mol. The first-order chi connectivity index (χ1) is 16.7. The number of carbonyl (C=O) groups is 1. The van der Waals surface area contributed by atoms with E-state index in [1.807, 2.05) is 19.9 Å². The SMILES string of the molecule is C=C(C)SC(=NC)NC(=O)CCC1C/C(=N\OC)C2(C)CCC3c4ccc(O)c(C)c4CCC3C12. The van der Waals surface area contributed by atoms with Gasteiger partial charge in [-0.1, -0.05) is 36.5 Å². The van der Waals surface area contributed by atoms with Crippen LogP contribution in [0.25, 0.3) is 0 Å². The summed E-state index contributed by atoms with van der Waals surface area (Å²) in [7, 11) is 3.32. The zero-order valence-corrected chi connectivity index (χ0v) is 22.5. The number of aliphatic imine (C=N–C) groups is 1. The molecule has 1 amide bonds. The van der Waals surface area contributed by atoms with Crippen molar-refractivity contribution < 1.29 is 14.7 Å². The molecule has 7 heteroatoms. The van der Waals surface area contributed by atoms with E-state index >= 15 is 0 Å². The number of thioether (sulfide) groups is 1. The van der Waals surface area contributed by atoms with Crippen molar-refractivity contribution in [3.63, 3.8) is 0 Å². The van der Waals surface area contributed by atoms with Gasteiger partial charge in [-0.2, -0.15) is 0 Å². The molecule has 3 aliphatic carbocycles. The lowest BCUT2D eigenvalue weighted by molar-refractivity contribution is -0.120. The predicted octanol–water partition coefficient (Wildman–Crippen LogP) is 5.93. The molecule has 0 radical (unpaired) electrons. The summed E-state index contributed by atoms with van der Waals surface area (Å²) in [6.45, 7) is 10.2. The van der Waals surface area contributed by atoms with E-state index in [4.69, 9.17) is 4.84 Å². The largest absolute Gasteiger partial charge is 0.508 e. The van der Waals surface area contributed by atoms with Gasteiger partial charge in [0.1, 0.15) is 12.9 Å². The number of allylic oxidation sites excluding steroid dienone is 1. The van der Waals surface area contributed by atoms with Crippen LogP contribution in [0, 0.1) is 30.1 Å². The minimum absolute atomic E-state index is 0.00522. The fourth-order valence-corrected chi connectivity index (χ4v) is 7.81. The predicted molar refractivity (Wildman–Crippen MR) is 144 cm³/mol. The summed E-state index contributed by atoms with van der Waals surface area (Å²) >= 11 is 1.39. The highest BCUT2D eigenvalue weighted by Gasteiger charge is 2.57. The maximum atomic E-state index is 12.8. The van der Waals surface area contributed by atoms with E-state index in [2.05, 4.69) is 35.0 Å². The highest BCUT2D eigenvalue weighted by molar-refractivity contribution is 8.17. The molecule has 0 aromatic heterocycles. The van der Waals surface area contributed by atoms with E-state index in [9.17, 15) is 9.90 Å². The van der Waals surface area contributed by atoms with Crippen molar-refractivity contribution in [3.8, 4) is 5.75 Å². The molecule has 2 saturated carbocycles. The number of phenols is 1. The maximum Gasteiger partial charge on any atom is 0.225 e. The van der Waals surface area contributed by atoms with Gasteiger partial charge in [0.2, 0.25) is 5.91 Å². The molecule has 35 heavy (non-hydrogen) atoms. The maximum absolute atomic E-state index is 12.8. The fraction of sp³-hybridized carbons (Fsp3) is 0.607. The van der Waals surface area contributed by atoms with Gasteiger partial charge < -0.3 is 15.3 Å². The standard InChI is InChI=1S/C28H39N3O3S/c1-16(2)35-27(29-5)30-25(33)12-7-18-15-24(31-34-6)28(4)14-13-21-20-10-11-23(32)17(3)19(20)8-9-22(21)26(18)28/h10-11,18,21-22,26,32H,1,7-9,12-15H2,2-6H3,(H,29,30,33)/b31-24+. The molecule has 6 nitrogen and oxygen atoms in total. The second kappa shape index (κ2) is 10.4. The summed E-state index contributed by atoms with van der Waals surface area (Å²) in [6.07, 6.45) is 6.50. The van der Waals surface area contributed by atoms with E-state index in [0.29, 0.717) is 41.0 Å². The molecule has 0 spiro atoms. The van der Waals surface area contributed by atoms with E-state index in [1.54, 1.807) is 14.2 Å². The van der Waals surface area contributed by atoms with Crippen LogP contribution in [-0.4, -0.2) is 36.1 Å². The van der Waals surface area contributed by atoms with Crippen LogP contribution in [0.4, 0.5) is 0 Å². The van der Waals surface area contributed by atoms with E-state index in [0.717, 1.165) is 54.7 Å². The minimum Gasteiger partial charge on any atom is -0.508 e. The average Bonchev–Trinajstić information content (AvgIpc) is 3.11. The number of nitrogens with zero attached hydrogens (tertiary/aromatic N) is 2. The van der Waals surface area contributed by atoms with Crippen LogP contribution in [0.3, 0.4) is 0 Å². The number of aromatic hydroxyl groups is 1. The summed E-state index contributed by atoms with van der Waals surface area (Å²) in [5.74, 6) is 2.32. The molecule has 2 fully saturated rings. The number of carbonyl (C=O) groups excluding carboxylic acids is 1. The fourth-order valence-electron chi connectivity index (χ4n) is 7.22. The quantitative estimate of drug-likeness (QED) is 0.300. The lowest BCUT2D eigenvalue weighted by atomic mass is 9.53. The Morgan fingerprint density at radius 1 is 1.37 bits per heavy atom. The number of amidine groups is 1. The third-order valence-corrected chi connectivity index (χ3v) is 9.53.